The lowest BCUT2D eigenvalue weighted by atomic mass is 10.0. The summed E-state index contributed by atoms with van der Waals surface area (Å²) in [5.74, 6) is -1.21. The van der Waals surface area contributed by atoms with Gasteiger partial charge in [0.05, 0.1) is 18.6 Å². The summed E-state index contributed by atoms with van der Waals surface area (Å²) in [7, 11) is 0. The molecule has 4 rings (SSSR count). The number of likely N-dealkylation sites (tertiary alicyclic amines) is 1. The molecule has 11 heteroatoms. The van der Waals surface area contributed by atoms with Crippen molar-refractivity contribution in [3.63, 3.8) is 0 Å². The van der Waals surface area contributed by atoms with Crippen LogP contribution >= 0.6 is 0 Å². The van der Waals surface area contributed by atoms with E-state index in [1.165, 1.54) is 0 Å². The number of carboxylic acid groups (broad SMARTS) is 1. The Hall–Kier alpha value is -2.43. The minimum absolute atomic E-state index is 0.0990. The summed E-state index contributed by atoms with van der Waals surface area (Å²) in [6.07, 6.45) is 2.61. The predicted octanol–water partition coefficient (Wildman–Crippen LogP) is 1.72. The number of carboxylic acids is 1. The molecule has 3 atom stereocenters. The Bertz CT molecular complexity index is 699. The number of rotatable bonds is 3. The molecule has 1 aromatic rings. The van der Waals surface area contributed by atoms with Crippen LogP contribution in [-0.2, 0) is 14.3 Å². The SMILES string of the molecule is O=C(C[C@@H]1C[C@H]2CN(c3ncccn3)C[C@H]2O1)N1CCCC1.O=C(O)C(F)(F)F. The van der Waals surface area contributed by atoms with Crippen molar-refractivity contribution in [3.8, 4) is 0 Å². The van der Waals surface area contributed by atoms with Crippen LogP contribution in [-0.4, -0.2) is 76.4 Å². The van der Waals surface area contributed by atoms with Crippen molar-refractivity contribution in [1.82, 2.24) is 14.9 Å². The van der Waals surface area contributed by atoms with Crippen LogP contribution in [0.2, 0.25) is 0 Å². The zero-order chi connectivity index (χ0) is 21.0. The van der Waals surface area contributed by atoms with E-state index in [4.69, 9.17) is 14.6 Å². The van der Waals surface area contributed by atoms with Gasteiger partial charge in [-0.25, -0.2) is 14.8 Å². The molecule has 1 amide bonds. The van der Waals surface area contributed by atoms with Crippen molar-refractivity contribution in [1.29, 1.82) is 0 Å². The number of aromatic nitrogens is 2. The minimum Gasteiger partial charge on any atom is -0.475 e. The molecule has 4 heterocycles. The van der Waals surface area contributed by atoms with Crippen LogP contribution in [0, 0.1) is 5.92 Å². The molecule has 0 unspecified atom stereocenters. The van der Waals surface area contributed by atoms with Crippen LogP contribution in [0.4, 0.5) is 19.1 Å². The van der Waals surface area contributed by atoms with Crippen molar-refractivity contribution >= 4 is 17.8 Å². The normalized spacial score (nSPS) is 26.1. The van der Waals surface area contributed by atoms with Gasteiger partial charge in [0.15, 0.2) is 0 Å². The smallest absolute Gasteiger partial charge is 0.475 e. The number of carbonyl (C=O) groups excluding carboxylic acids is 1. The van der Waals surface area contributed by atoms with E-state index < -0.39 is 12.1 Å². The van der Waals surface area contributed by atoms with Crippen molar-refractivity contribution in [2.45, 2.75) is 44.1 Å². The van der Waals surface area contributed by atoms with Crippen molar-refractivity contribution in [2.24, 2.45) is 5.92 Å². The zero-order valence-electron chi connectivity index (χ0n) is 15.7. The highest BCUT2D eigenvalue weighted by molar-refractivity contribution is 5.77. The number of fused-ring (bicyclic) bond motifs is 1. The highest BCUT2D eigenvalue weighted by atomic mass is 19.4. The van der Waals surface area contributed by atoms with Gasteiger partial charge in [-0.1, -0.05) is 0 Å². The first-order valence-electron chi connectivity index (χ1n) is 9.49. The molecule has 1 aromatic heterocycles. The van der Waals surface area contributed by atoms with Crippen LogP contribution in [0.15, 0.2) is 18.5 Å². The number of ether oxygens (including phenoxy) is 1. The largest absolute Gasteiger partial charge is 0.490 e. The number of anilines is 1. The number of carbonyl (C=O) groups is 2. The molecule has 160 valence electrons. The molecule has 0 aromatic carbocycles. The monoisotopic (exact) mass is 416 g/mol. The average Bonchev–Trinajstić information content (AvgIpc) is 3.38. The van der Waals surface area contributed by atoms with Gasteiger partial charge < -0.3 is 19.6 Å². The van der Waals surface area contributed by atoms with Crippen molar-refractivity contribution < 1.29 is 32.6 Å². The van der Waals surface area contributed by atoms with E-state index in [0.29, 0.717) is 12.3 Å². The third kappa shape index (κ3) is 5.55. The Labute approximate surface area is 165 Å². The molecule has 0 saturated carbocycles. The predicted molar refractivity (Wildman–Crippen MR) is 95.1 cm³/mol. The molecule has 3 fully saturated rings. The van der Waals surface area contributed by atoms with Crippen LogP contribution in [0.25, 0.3) is 0 Å². The van der Waals surface area contributed by atoms with Crippen LogP contribution in [0.5, 0.6) is 0 Å². The number of aliphatic carboxylic acids is 1. The summed E-state index contributed by atoms with van der Waals surface area (Å²) in [5, 5.41) is 7.12. The lowest BCUT2D eigenvalue weighted by molar-refractivity contribution is -0.192. The molecule has 3 saturated heterocycles. The van der Waals surface area contributed by atoms with E-state index in [2.05, 4.69) is 14.9 Å². The maximum absolute atomic E-state index is 12.2. The number of halogens is 3. The lowest BCUT2D eigenvalue weighted by Gasteiger charge is -2.21. The number of hydrogen-bond donors (Lipinski definition) is 1. The molecule has 0 bridgehead atoms. The molecule has 0 spiro atoms. The Balaban J connectivity index is 0.000000298. The second-order valence-corrected chi connectivity index (χ2v) is 7.34. The van der Waals surface area contributed by atoms with Crippen molar-refractivity contribution in [3.05, 3.63) is 18.5 Å². The van der Waals surface area contributed by atoms with Gasteiger partial charge >= 0.3 is 12.1 Å². The number of hydrogen-bond acceptors (Lipinski definition) is 6. The number of amides is 1. The molecular formula is C18H23F3N4O4. The quantitative estimate of drug-likeness (QED) is 0.802. The maximum Gasteiger partial charge on any atom is 0.490 e. The highest BCUT2D eigenvalue weighted by Gasteiger charge is 2.43. The lowest BCUT2D eigenvalue weighted by Crippen LogP contribution is -2.32. The van der Waals surface area contributed by atoms with Crippen molar-refractivity contribution in [2.75, 3.05) is 31.1 Å². The van der Waals surface area contributed by atoms with E-state index in [1.54, 1.807) is 12.4 Å². The summed E-state index contributed by atoms with van der Waals surface area (Å²) < 4.78 is 37.9. The van der Waals surface area contributed by atoms with Gasteiger partial charge in [-0.3, -0.25) is 4.79 Å². The first-order valence-corrected chi connectivity index (χ1v) is 9.49. The van der Waals surface area contributed by atoms with Gasteiger partial charge in [0, 0.05) is 44.5 Å². The van der Waals surface area contributed by atoms with E-state index in [-0.39, 0.29) is 18.1 Å². The van der Waals surface area contributed by atoms with Gasteiger partial charge in [0.1, 0.15) is 0 Å². The fraction of sp³-hybridized carbons (Fsp3) is 0.667. The highest BCUT2D eigenvalue weighted by Crippen LogP contribution is 2.35. The van der Waals surface area contributed by atoms with Gasteiger partial charge in [0.2, 0.25) is 11.9 Å². The summed E-state index contributed by atoms with van der Waals surface area (Å²) in [6, 6.07) is 1.83. The zero-order valence-corrected chi connectivity index (χ0v) is 15.7. The van der Waals surface area contributed by atoms with Crippen LogP contribution in [0.3, 0.4) is 0 Å². The standard InChI is InChI=1S/C16H22N4O2.C2HF3O2/c21-15(19-6-1-2-7-19)9-13-8-12-10-20(11-14(12)22-13)16-17-4-3-5-18-16;3-2(4,5)1(6)7/h3-5,12-14H,1-2,6-11H2;(H,6,7)/t12-,13-,14+;/m0./s1. The van der Waals surface area contributed by atoms with Gasteiger partial charge in [-0.15, -0.1) is 0 Å². The van der Waals surface area contributed by atoms with Gasteiger partial charge in [-0.2, -0.15) is 13.2 Å². The van der Waals surface area contributed by atoms with Crippen LogP contribution < -0.4 is 4.90 Å². The fourth-order valence-corrected chi connectivity index (χ4v) is 3.90. The maximum atomic E-state index is 12.2. The Morgan fingerprint density at radius 1 is 1.17 bits per heavy atom. The van der Waals surface area contributed by atoms with E-state index in [0.717, 1.165) is 51.4 Å². The Morgan fingerprint density at radius 2 is 1.79 bits per heavy atom. The third-order valence-electron chi connectivity index (χ3n) is 5.25. The molecule has 0 aliphatic carbocycles. The molecule has 8 nitrogen and oxygen atoms in total. The van der Waals surface area contributed by atoms with E-state index >= 15 is 0 Å². The average molecular weight is 416 g/mol. The summed E-state index contributed by atoms with van der Waals surface area (Å²) >= 11 is 0. The van der Waals surface area contributed by atoms with Crippen LogP contribution in [0.1, 0.15) is 25.7 Å². The summed E-state index contributed by atoms with van der Waals surface area (Å²) in [4.78, 5) is 33.9. The Kier molecular flexibility index (Phi) is 6.56. The fourth-order valence-electron chi connectivity index (χ4n) is 3.90. The van der Waals surface area contributed by atoms with E-state index in [9.17, 15) is 18.0 Å². The second-order valence-electron chi connectivity index (χ2n) is 7.34. The third-order valence-corrected chi connectivity index (χ3v) is 5.25. The molecule has 3 aliphatic heterocycles. The number of alkyl halides is 3. The first-order chi connectivity index (χ1) is 13.7. The molecule has 1 N–H and O–H groups in total. The molecule has 0 radical (unpaired) electrons. The van der Waals surface area contributed by atoms with Gasteiger partial charge in [-0.05, 0) is 25.3 Å². The second kappa shape index (κ2) is 8.93. The first kappa shape index (κ1) is 21.3. The molecular weight excluding hydrogens is 393 g/mol. The summed E-state index contributed by atoms with van der Waals surface area (Å²) in [5.41, 5.74) is 0. The van der Waals surface area contributed by atoms with Gasteiger partial charge in [0.25, 0.3) is 0 Å². The minimum atomic E-state index is -5.08. The number of nitrogens with zero attached hydrogens (tertiary/aromatic N) is 4. The molecule has 3 aliphatic rings. The van der Waals surface area contributed by atoms with E-state index in [1.807, 2.05) is 11.0 Å². The molecule has 29 heavy (non-hydrogen) atoms. The topological polar surface area (TPSA) is 95.9 Å². The Morgan fingerprint density at radius 3 is 2.34 bits per heavy atom. The summed E-state index contributed by atoms with van der Waals surface area (Å²) in [6.45, 7) is 3.63.